The van der Waals surface area contributed by atoms with Crippen LogP contribution in [0, 0.1) is 5.92 Å². The molecule has 0 aliphatic carbocycles. The van der Waals surface area contributed by atoms with Gasteiger partial charge >= 0.3 is 0 Å². The zero-order chi connectivity index (χ0) is 33.1. The molecular weight excluding hydrogens is 582 g/mol. The van der Waals surface area contributed by atoms with Crippen molar-refractivity contribution < 1.29 is 29.0 Å². The van der Waals surface area contributed by atoms with Gasteiger partial charge in [-0.2, -0.15) is 0 Å². The molecule has 0 aromatic heterocycles. The van der Waals surface area contributed by atoms with E-state index in [2.05, 4.69) is 5.32 Å². The SMILES string of the molecule is C[C@@H]1CCCCO[C@H](CN(C)C(=O)Cc2ccccc2)[C@@H](C)CN([C@H](C)CO)C(=O)c2cc(NC(=O)c3ccccc3)ccc2O1. The van der Waals surface area contributed by atoms with Crippen LogP contribution in [0.2, 0.25) is 0 Å². The van der Waals surface area contributed by atoms with E-state index < -0.39 is 6.04 Å². The predicted octanol–water partition coefficient (Wildman–Crippen LogP) is 5.44. The smallest absolute Gasteiger partial charge is 0.258 e. The number of nitrogens with one attached hydrogen (secondary N) is 1. The third kappa shape index (κ3) is 9.64. The van der Waals surface area contributed by atoms with Crippen LogP contribution in [0.4, 0.5) is 5.69 Å². The van der Waals surface area contributed by atoms with Gasteiger partial charge in [0.25, 0.3) is 11.8 Å². The van der Waals surface area contributed by atoms with Crippen molar-refractivity contribution in [3.63, 3.8) is 0 Å². The van der Waals surface area contributed by atoms with Gasteiger partial charge in [-0.3, -0.25) is 14.4 Å². The van der Waals surface area contributed by atoms with E-state index in [0.29, 0.717) is 42.1 Å². The van der Waals surface area contributed by atoms with Crippen LogP contribution < -0.4 is 10.1 Å². The van der Waals surface area contributed by atoms with Crippen LogP contribution >= 0.6 is 0 Å². The maximum absolute atomic E-state index is 14.3. The third-order valence-corrected chi connectivity index (χ3v) is 8.42. The normalized spacial score (nSPS) is 20.1. The Balaban J connectivity index is 1.60. The summed E-state index contributed by atoms with van der Waals surface area (Å²) in [6.45, 7) is 6.70. The van der Waals surface area contributed by atoms with Crippen LogP contribution in [0.5, 0.6) is 5.75 Å². The lowest BCUT2D eigenvalue weighted by Gasteiger charge is -2.36. The van der Waals surface area contributed by atoms with Gasteiger partial charge in [-0.15, -0.1) is 0 Å². The van der Waals surface area contributed by atoms with Gasteiger partial charge in [-0.05, 0) is 69.0 Å². The minimum Gasteiger partial charge on any atom is -0.490 e. The molecule has 3 amide bonds. The lowest BCUT2D eigenvalue weighted by atomic mass is 10.0. The number of carbonyl (C=O) groups is 3. The van der Waals surface area contributed by atoms with Gasteiger partial charge in [-0.25, -0.2) is 0 Å². The van der Waals surface area contributed by atoms with E-state index in [-0.39, 0.29) is 49.0 Å². The first kappa shape index (κ1) is 34.7. The van der Waals surface area contributed by atoms with Crippen LogP contribution in [0.1, 0.15) is 66.3 Å². The highest BCUT2D eigenvalue weighted by Crippen LogP contribution is 2.29. The molecule has 1 aliphatic rings. The second-order valence-electron chi connectivity index (χ2n) is 12.3. The second-order valence-corrected chi connectivity index (χ2v) is 12.3. The number of nitrogens with zero attached hydrogens (tertiary/aromatic N) is 2. The van der Waals surface area contributed by atoms with Crippen LogP contribution in [-0.2, 0) is 16.0 Å². The molecule has 2 N–H and O–H groups in total. The molecule has 4 rings (SSSR count). The third-order valence-electron chi connectivity index (χ3n) is 8.42. The Bertz CT molecular complexity index is 1430. The molecule has 0 spiro atoms. The lowest BCUT2D eigenvalue weighted by Crippen LogP contribution is -2.48. The van der Waals surface area contributed by atoms with Crippen molar-refractivity contribution >= 4 is 23.4 Å². The standard InChI is InChI=1S/C37H47N3O6/c1-26-23-40(27(2)25-41)37(44)32-22-31(38-36(43)30-16-9-6-10-17-30)18-19-33(32)46-28(3)13-11-12-20-45-34(26)24-39(4)35(42)21-29-14-7-5-8-15-29/h5-10,14-19,22,26-28,34,41H,11-13,20-21,23-25H2,1-4H3,(H,38,43)/t26-,27+,28+,34+/m0/s1. The maximum atomic E-state index is 14.3. The number of aliphatic hydroxyl groups excluding tert-OH is 1. The fourth-order valence-corrected chi connectivity index (χ4v) is 5.53. The van der Waals surface area contributed by atoms with E-state index in [0.717, 1.165) is 24.8 Å². The predicted molar refractivity (Wildman–Crippen MR) is 179 cm³/mol. The van der Waals surface area contributed by atoms with E-state index in [1.807, 2.05) is 50.2 Å². The molecule has 3 aromatic carbocycles. The van der Waals surface area contributed by atoms with Crippen LogP contribution in [0.25, 0.3) is 0 Å². The number of aliphatic hydroxyl groups is 1. The summed E-state index contributed by atoms with van der Waals surface area (Å²) in [4.78, 5) is 43.7. The number of hydrogen-bond donors (Lipinski definition) is 2. The number of benzene rings is 3. The zero-order valence-corrected chi connectivity index (χ0v) is 27.4. The molecule has 0 fully saturated rings. The highest BCUT2D eigenvalue weighted by atomic mass is 16.5. The van der Waals surface area contributed by atoms with Gasteiger partial charge in [0.1, 0.15) is 5.75 Å². The topological polar surface area (TPSA) is 108 Å². The number of ether oxygens (including phenoxy) is 2. The minimum absolute atomic E-state index is 0.0111. The molecular formula is C37H47N3O6. The number of rotatable bonds is 8. The fraction of sp³-hybridized carbons (Fsp3) is 0.432. The number of anilines is 1. The molecule has 0 saturated carbocycles. The Hall–Kier alpha value is -4.21. The minimum atomic E-state index is -0.506. The van der Waals surface area contributed by atoms with Crippen molar-refractivity contribution in [2.75, 3.05) is 38.7 Å². The van der Waals surface area contributed by atoms with Crippen molar-refractivity contribution in [3.8, 4) is 5.75 Å². The number of fused-ring (bicyclic) bond motifs is 1. The van der Waals surface area contributed by atoms with E-state index in [9.17, 15) is 19.5 Å². The van der Waals surface area contributed by atoms with Crippen molar-refractivity contribution in [2.24, 2.45) is 5.92 Å². The molecule has 0 unspecified atom stereocenters. The largest absolute Gasteiger partial charge is 0.490 e. The average molecular weight is 630 g/mol. The first-order chi connectivity index (χ1) is 22.2. The first-order valence-corrected chi connectivity index (χ1v) is 16.1. The van der Waals surface area contributed by atoms with Crippen molar-refractivity contribution in [3.05, 3.63) is 95.6 Å². The van der Waals surface area contributed by atoms with Gasteiger partial charge in [0.15, 0.2) is 0 Å². The molecule has 0 saturated heterocycles. The van der Waals surface area contributed by atoms with Gasteiger partial charge in [0.05, 0.1) is 36.8 Å². The van der Waals surface area contributed by atoms with Gasteiger partial charge < -0.3 is 29.7 Å². The van der Waals surface area contributed by atoms with Crippen molar-refractivity contribution in [2.45, 2.75) is 64.7 Å². The van der Waals surface area contributed by atoms with Gasteiger partial charge in [0, 0.05) is 43.9 Å². The zero-order valence-electron chi connectivity index (χ0n) is 27.4. The fourth-order valence-electron chi connectivity index (χ4n) is 5.53. The summed E-state index contributed by atoms with van der Waals surface area (Å²) in [5, 5.41) is 13.1. The molecule has 0 radical (unpaired) electrons. The number of amides is 3. The molecule has 3 aromatic rings. The highest BCUT2D eigenvalue weighted by molar-refractivity contribution is 6.05. The molecule has 1 heterocycles. The molecule has 1 aliphatic heterocycles. The Labute approximate surface area is 272 Å². The summed E-state index contributed by atoms with van der Waals surface area (Å²) >= 11 is 0. The Morgan fingerprint density at radius 1 is 1.02 bits per heavy atom. The summed E-state index contributed by atoms with van der Waals surface area (Å²) in [5.41, 5.74) is 2.21. The van der Waals surface area contributed by atoms with Crippen LogP contribution in [0.3, 0.4) is 0 Å². The van der Waals surface area contributed by atoms with E-state index in [1.54, 1.807) is 66.2 Å². The Morgan fingerprint density at radius 3 is 2.41 bits per heavy atom. The Kier molecular flexibility index (Phi) is 12.7. The summed E-state index contributed by atoms with van der Waals surface area (Å²) in [6.07, 6.45) is 2.25. The average Bonchev–Trinajstić information content (AvgIpc) is 3.06. The molecule has 4 atom stereocenters. The van der Waals surface area contributed by atoms with Crippen LogP contribution in [-0.4, -0.2) is 84.2 Å². The molecule has 9 heteroatoms. The number of likely N-dealkylation sites (N-methyl/N-ethyl adjacent to an activating group) is 1. The van der Waals surface area contributed by atoms with Crippen molar-refractivity contribution in [1.29, 1.82) is 0 Å². The monoisotopic (exact) mass is 629 g/mol. The summed E-state index contributed by atoms with van der Waals surface area (Å²) in [5.74, 6) is -0.367. The summed E-state index contributed by atoms with van der Waals surface area (Å²) in [6, 6.07) is 23.1. The number of hydrogen-bond acceptors (Lipinski definition) is 6. The van der Waals surface area contributed by atoms with E-state index in [1.165, 1.54) is 0 Å². The molecule has 0 bridgehead atoms. The highest BCUT2D eigenvalue weighted by Gasteiger charge is 2.31. The molecule has 246 valence electrons. The van der Waals surface area contributed by atoms with Crippen LogP contribution in [0.15, 0.2) is 78.9 Å². The van der Waals surface area contributed by atoms with E-state index >= 15 is 0 Å². The second kappa shape index (κ2) is 16.9. The van der Waals surface area contributed by atoms with E-state index in [4.69, 9.17) is 9.47 Å². The Morgan fingerprint density at radius 2 is 1.72 bits per heavy atom. The van der Waals surface area contributed by atoms with Gasteiger partial charge in [0.2, 0.25) is 5.91 Å². The molecule has 46 heavy (non-hydrogen) atoms. The first-order valence-electron chi connectivity index (χ1n) is 16.1. The quantitative estimate of drug-likeness (QED) is 0.344. The lowest BCUT2D eigenvalue weighted by molar-refractivity contribution is -0.131. The maximum Gasteiger partial charge on any atom is 0.258 e. The molecule has 9 nitrogen and oxygen atoms in total. The van der Waals surface area contributed by atoms with Crippen molar-refractivity contribution in [1.82, 2.24) is 9.80 Å². The van der Waals surface area contributed by atoms with Gasteiger partial charge in [-0.1, -0.05) is 55.5 Å². The number of carbonyl (C=O) groups excluding carboxylic acids is 3. The summed E-state index contributed by atoms with van der Waals surface area (Å²) in [7, 11) is 1.78. The summed E-state index contributed by atoms with van der Waals surface area (Å²) < 4.78 is 12.7.